The van der Waals surface area contributed by atoms with Gasteiger partial charge in [0, 0.05) is 50.4 Å². The molecule has 1 aliphatic heterocycles. The zero-order chi connectivity index (χ0) is 20.6. The van der Waals surface area contributed by atoms with Crippen LogP contribution in [0.3, 0.4) is 0 Å². The van der Waals surface area contributed by atoms with Crippen molar-refractivity contribution >= 4 is 17.6 Å². The molecule has 29 heavy (non-hydrogen) atoms. The number of nitrogens with zero attached hydrogens (tertiary/aromatic N) is 5. The number of piperazine rings is 1. The highest BCUT2D eigenvalue weighted by atomic mass is 16.5. The van der Waals surface area contributed by atoms with Crippen LogP contribution in [0.4, 0.5) is 5.69 Å². The number of ether oxygens (including phenoxy) is 1. The SMILES string of the molecule is CN=C(NC1CC1(C)c1ccccc1OC)N1CCN(c2cnn(C)c2)C(=O)C1. The van der Waals surface area contributed by atoms with Crippen molar-refractivity contribution in [2.75, 3.05) is 38.7 Å². The summed E-state index contributed by atoms with van der Waals surface area (Å²) in [5, 5.41) is 7.73. The van der Waals surface area contributed by atoms with Crippen LogP contribution in [0.15, 0.2) is 41.7 Å². The molecular formula is C21H28N6O2. The zero-order valence-corrected chi connectivity index (χ0v) is 17.4. The van der Waals surface area contributed by atoms with Crippen molar-refractivity contribution in [3.8, 4) is 5.75 Å². The molecule has 1 aromatic heterocycles. The van der Waals surface area contributed by atoms with Gasteiger partial charge in [-0.25, -0.2) is 0 Å². The second kappa shape index (κ2) is 7.42. The Morgan fingerprint density at radius 2 is 2.14 bits per heavy atom. The number of anilines is 1. The summed E-state index contributed by atoms with van der Waals surface area (Å²) in [6, 6.07) is 8.41. The van der Waals surface area contributed by atoms with E-state index in [2.05, 4.69) is 28.4 Å². The van der Waals surface area contributed by atoms with Crippen LogP contribution in [-0.4, -0.2) is 66.4 Å². The van der Waals surface area contributed by atoms with E-state index >= 15 is 0 Å². The summed E-state index contributed by atoms with van der Waals surface area (Å²) < 4.78 is 7.26. The molecule has 8 nitrogen and oxygen atoms in total. The first-order valence-electron chi connectivity index (χ1n) is 9.87. The maximum Gasteiger partial charge on any atom is 0.246 e. The van der Waals surface area contributed by atoms with Gasteiger partial charge >= 0.3 is 0 Å². The lowest BCUT2D eigenvalue weighted by atomic mass is 9.96. The van der Waals surface area contributed by atoms with E-state index in [1.54, 1.807) is 29.9 Å². The van der Waals surface area contributed by atoms with Crippen molar-refractivity contribution in [3.05, 3.63) is 42.2 Å². The van der Waals surface area contributed by atoms with Crippen molar-refractivity contribution in [2.45, 2.75) is 24.8 Å². The third-order valence-electron chi connectivity index (χ3n) is 6.00. The van der Waals surface area contributed by atoms with Gasteiger partial charge in [-0.05, 0) is 12.5 Å². The van der Waals surface area contributed by atoms with Gasteiger partial charge in [0.25, 0.3) is 0 Å². The topological polar surface area (TPSA) is 75.0 Å². The van der Waals surface area contributed by atoms with Crippen molar-refractivity contribution in [2.24, 2.45) is 12.0 Å². The molecule has 0 radical (unpaired) electrons. The van der Waals surface area contributed by atoms with Gasteiger partial charge in [-0.15, -0.1) is 0 Å². The standard InChI is InChI=1S/C21H28N6O2/c1-21(16-7-5-6-8-17(16)29-4)11-18(21)24-20(22-2)26-9-10-27(19(28)14-26)15-12-23-25(3)13-15/h5-8,12-13,18H,9-11,14H2,1-4H3,(H,22,24). The highest BCUT2D eigenvalue weighted by Crippen LogP contribution is 2.51. The molecule has 1 amide bonds. The number of methoxy groups -OCH3 is 1. The third kappa shape index (κ3) is 3.54. The normalized spacial score (nSPS) is 24.6. The molecule has 2 heterocycles. The van der Waals surface area contributed by atoms with E-state index in [4.69, 9.17) is 4.74 Å². The molecular weight excluding hydrogens is 368 g/mol. The Balaban J connectivity index is 1.42. The van der Waals surface area contributed by atoms with E-state index in [0.29, 0.717) is 13.1 Å². The van der Waals surface area contributed by atoms with Crippen molar-refractivity contribution in [1.29, 1.82) is 0 Å². The molecule has 8 heteroatoms. The number of nitrogens with one attached hydrogen (secondary N) is 1. The molecule has 0 spiro atoms. The molecule has 2 aromatic rings. The maximum atomic E-state index is 12.7. The number of hydrogen-bond acceptors (Lipinski definition) is 4. The lowest BCUT2D eigenvalue weighted by molar-refractivity contribution is -0.120. The predicted molar refractivity (Wildman–Crippen MR) is 112 cm³/mol. The van der Waals surface area contributed by atoms with E-state index in [1.165, 1.54) is 5.56 Å². The molecule has 1 aliphatic carbocycles. The summed E-state index contributed by atoms with van der Waals surface area (Å²) in [5.74, 6) is 1.73. The Kier molecular flexibility index (Phi) is 4.94. The Morgan fingerprint density at radius 3 is 2.79 bits per heavy atom. The molecule has 0 bridgehead atoms. The number of amides is 1. The van der Waals surface area contributed by atoms with Gasteiger partial charge in [-0.3, -0.25) is 14.5 Å². The molecule has 154 valence electrons. The number of hydrogen-bond donors (Lipinski definition) is 1. The smallest absolute Gasteiger partial charge is 0.246 e. The van der Waals surface area contributed by atoms with Gasteiger partial charge in [0.1, 0.15) is 12.3 Å². The van der Waals surface area contributed by atoms with Crippen LogP contribution in [0.2, 0.25) is 0 Å². The van der Waals surface area contributed by atoms with Gasteiger partial charge in [0.2, 0.25) is 5.91 Å². The number of aryl methyl sites for hydroxylation is 1. The third-order valence-corrected chi connectivity index (χ3v) is 6.00. The maximum absolute atomic E-state index is 12.7. The molecule has 1 aromatic carbocycles. The Hall–Kier alpha value is -3.03. The van der Waals surface area contributed by atoms with Crippen LogP contribution >= 0.6 is 0 Å². The minimum Gasteiger partial charge on any atom is -0.496 e. The first-order valence-corrected chi connectivity index (χ1v) is 9.87. The fourth-order valence-corrected chi connectivity index (χ4v) is 4.12. The lowest BCUT2D eigenvalue weighted by Gasteiger charge is -2.35. The minimum absolute atomic E-state index is 0.00984. The van der Waals surface area contributed by atoms with Gasteiger partial charge in [-0.2, -0.15) is 5.10 Å². The molecule has 2 unspecified atom stereocenters. The van der Waals surface area contributed by atoms with Crippen molar-refractivity contribution < 1.29 is 9.53 Å². The van der Waals surface area contributed by atoms with Gasteiger partial charge < -0.3 is 19.9 Å². The molecule has 2 aliphatic rings. The van der Waals surface area contributed by atoms with Crippen LogP contribution in [0, 0.1) is 0 Å². The number of rotatable bonds is 4. The summed E-state index contributed by atoms with van der Waals surface area (Å²) in [7, 11) is 5.33. The van der Waals surface area contributed by atoms with Crippen LogP contribution in [0.1, 0.15) is 18.9 Å². The monoisotopic (exact) mass is 396 g/mol. The van der Waals surface area contributed by atoms with Gasteiger partial charge in [0.15, 0.2) is 5.96 Å². The first-order chi connectivity index (χ1) is 14.0. The van der Waals surface area contributed by atoms with E-state index in [0.717, 1.165) is 30.4 Å². The highest BCUT2D eigenvalue weighted by molar-refractivity contribution is 5.98. The molecule has 1 N–H and O–H groups in total. The largest absolute Gasteiger partial charge is 0.496 e. The fourth-order valence-electron chi connectivity index (χ4n) is 4.12. The summed E-state index contributed by atoms with van der Waals surface area (Å²) in [5.41, 5.74) is 2.03. The summed E-state index contributed by atoms with van der Waals surface area (Å²) in [6.07, 6.45) is 4.59. The number of benzene rings is 1. The van der Waals surface area contributed by atoms with Crippen LogP contribution in [-0.2, 0) is 17.3 Å². The first kappa shape index (κ1) is 19.3. The van der Waals surface area contributed by atoms with E-state index in [9.17, 15) is 4.79 Å². The van der Waals surface area contributed by atoms with E-state index in [-0.39, 0.29) is 17.4 Å². The van der Waals surface area contributed by atoms with Crippen LogP contribution < -0.4 is 15.0 Å². The Bertz CT molecular complexity index is 939. The summed E-state index contributed by atoms with van der Waals surface area (Å²) in [4.78, 5) is 21.0. The second-order valence-electron chi connectivity index (χ2n) is 7.91. The van der Waals surface area contributed by atoms with E-state index in [1.807, 2.05) is 36.3 Å². The number of carbonyl (C=O) groups excluding carboxylic acids is 1. The van der Waals surface area contributed by atoms with Crippen LogP contribution in [0.25, 0.3) is 0 Å². The predicted octanol–water partition coefficient (Wildman–Crippen LogP) is 1.38. The zero-order valence-electron chi connectivity index (χ0n) is 17.4. The molecule has 1 saturated carbocycles. The minimum atomic E-state index is -0.00984. The average Bonchev–Trinajstić information content (AvgIpc) is 3.19. The van der Waals surface area contributed by atoms with Crippen LogP contribution in [0.5, 0.6) is 5.75 Å². The average molecular weight is 396 g/mol. The van der Waals surface area contributed by atoms with E-state index < -0.39 is 0 Å². The summed E-state index contributed by atoms with van der Waals surface area (Å²) in [6.45, 7) is 3.87. The number of aliphatic imine (C=N–C) groups is 1. The molecule has 2 atom stereocenters. The number of carbonyl (C=O) groups is 1. The Labute approximate surface area is 171 Å². The fraction of sp³-hybridized carbons (Fsp3) is 0.476. The Morgan fingerprint density at radius 1 is 1.34 bits per heavy atom. The van der Waals surface area contributed by atoms with Crippen molar-refractivity contribution in [3.63, 3.8) is 0 Å². The summed E-state index contributed by atoms with van der Waals surface area (Å²) >= 11 is 0. The number of para-hydroxylation sites is 1. The number of guanidine groups is 1. The molecule has 2 fully saturated rings. The number of aromatic nitrogens is 2. The molecule has 1 saturated heterocycles. The van der Waals surface area contributed by atoms with Gasteiger partial charge in [-0.1, -0.05) is 25.1 Å². The second-order valence-corrected chi connectivity index (χ2v) is 7.91. The van der Waals surface area contributed by atoms with Crippen molar-refractivity contribution in [1.82, 2.24) is 20.0 Å². The van der Waals surface area contributed by atoms with Gasteiger partial charge in [0.05, 0.1) is 19.0 Å². The highest BCUT2D eigenvalue weighted by Gasteiger charge is 2.53. The quantitative estimate of drug-likeness (QED) is 0.624. The molecule has 4 rings (SSSR count). The lowest BCUT2D eigenvalue weighted by Crippen LogP contribution is -2.56.